The highest BCUT2D eigenvalue weighted by Gasteiger charge is 1.83. The summed E-state index contributed by atoms with van der Waals surface area (Å²) < 4.78 is 0. The van der Waals surface area contributed by atoms with E-state index in [1.165, 1.54) is 0 Å². The van der Waals surface area contributed by atoms with Crippen LogP contribution < -0.4 is 11.1 Å². The SMILES string of the molecule is [CH2]CC[CH]NC(=N)N. The Hall–Kier alpha value is -0.730. The first-order chi connectivity index (χ1) is 3.77. The van der Waals surface area contributed by atoms with Crippen LogP contribution in [-0.2, 0) is 0 Å². The number of hydrogen-bond donors (Lipinski definition) is 3. The van der Waals surface area contributed by atoms with Crippen molar-refractivity contribution < 1.29 is 0 Å². The zero-order chi connectivity index (χ0) is 6.41. The van der Waals surface area contributed by atoms with Gasteiger partial charge >= 0.3 is 0 Å². The van der Waals surface area contributed by atoms with Crippen molar-refractivity contribution in [3.8, 4) is 0 Å². The molecule has 0 heterocycles. The van der Waals surface area contributed by atoms with Crippen molar-refractivity contribution in [1.82, 2.24) is 5.32 Å². The molecule has 8 heavy (non-hydrogen) atoms. The second-order valence-corrected chi connectivity index (χ2v) is 1.40. The molecule has 0 amide bonds. The van der Waals surface area contributed by atoms with Gasteiger partial charge in [0.25, 0.3) is 0 Å². The monoisotopic (exact) mass is 113 g/mol. The molecule has 4 N–H and O–H groups in total. The molecule has 0 saturated heterocycles. The number of unbranched alkanes of at least 4 members (excludes halogenated alkanes) is 1. The van der Waals surface area contributed by atoms with Gasteiger partial charge in [0.1, 0.15) is 0 Å². The molecule has 0 aliphatic heterocycles. The average Bonchev–Trinajstić information content (AvgIpc) is 1.66. The largest absolute Gasteiger partial charge is 0.370 e. The molecule has 3 nitrogen and oxygen atoms in total. The van der Waals surface area contributed by atoms with Gasteiger partial charge in [-0.2, -0.15) is 0 Å². The Morgan fingerprint density at radius 1 is 1.88 bits per heavy atom. The molecule has 3 heteroatoms. The van der Waals surface area contributed by atoms with Crippen LogP contribution in [0.3, 0.4) is 0 Å². The van der Waals surface area contributed by atoms with Gasteiger partial charge in [0.05, 0.1) is 0 Å². The average molecular weight is 113 g/mol. The van der Waals surface area contributed by atoms with Crippen LogP contribution in [0.4, 0.5) is 0 Å². The Kier molecular flexibility index (Phi) is 4.03. The Balaban J connectivity index is 2.82. The highest BCUT2D eigenvalue weighted by molar-refractivity contribution is 5.74. The van der Waals surface area contributed by atoms with Crippen molar-refractivity contribution in [1.29, 1.82) is 5.41 Å². The Labute approximate surface area is 49.8 Å². The minimum absolute atomic E-state index is 0.0153. The van der Waals surface area contributed by atoms with E-state index in [1.807, 2.05) is 0 Å². The smallest absolute Gasteiger partial charge is 0.185 e. The fourth-order valence-electron chi connectivity index (χ4n) is 0.284. The van der Waals surface area contributed by atoms with Crippen LogP contribution in [0.5, 0.6) is 0 Å². The normalized spacial score (nSPS) is 8.62. The maximum atomic E-state index is 6.69. The first kappa shape index (κ1) is 7.27. The van der Waals surface area contributed by atoms with E-state index in [1.54, 1.807) is 6.54 Å². The molecule has 0 aliphatic rings. The second-order valence-electron chi connectivity index (χ2n) is 1.40. The molecule has 46 valence electrons. The summed E-state index contributed by atoms with van der Waals surface area (Å²) in [6, 6.07) is 0. The van der Waals surface area contributed by atoms with Crippen molar-refractivity contribution in [2.75, 3.05) is 0 Å². The third-order valence-electron chi connectivity index (χ3n) is 0.606. The first-order valence-corrected chi connectivity index (χ1v) is 2.49. The lowest BCUT2D eigenvalue weighted by atomic mass is 10.3. The summed E-state index contributed by atoms with van der Waals surface area (Å²) in [7, 11) is 0. The molecule has 0 aromatic carbocycles. The third-order valence-corrected chi connectivity index (χ3v) is 0.606. The van der Waals surface area contributed by atoms with Crippen LogP contribution in [0, 0.1) is 18.9 Å². The van der Waals surface area contributed by atoms with Crippen LogP contribution >= 0.6 is 0 Å². The number of guanidine groups is 1. The van der Waals surface area contributed by atoms with Gasteiger partial charge in [0, 0.05) is 6.54 Å². The van der Waals surface area contributed by atoms with Gasteiger partial charge in [0.2, 0.25) is 0 Å². The highest BCUT2D eigenvalue weighted by Crippen LogP contribution is 1.85. The van der Waals surface area contributed by atoms with Gasteiger partial charge in [-0.25, -0.2) is 0 Å². The Morgan fingerprint density at radius 2 is 2.50 bits per heavy atom. The number of hydrogen-bond acceptors (Lipinski definition) is 1. The molecule has 0 fully saturated rings. The lowest BCUT2D eigenvalue weighted by Crippen LogP contribution is -2.27. The molecular weight excluding hydrogens is 102 g/mol. The van der Waals surface area contributed by atoms with Crippen molar-refractivity contribution >= 4 is 5.96 Å². The topological polar surface area (TPSA) is 61.9 Å². The van der Waals surface area contributed by atoms with Crippen molar-refractivity contribution in [3.63, 3.8) is 0 Å². The Bertz CT molecular complexity index is 70.1. The lowest BCUT2D eigenvalue weighted by Gasteiger charge is -1.98. The van der Waals surface area contributed by atoms with Crippen LogP contribution in [0.2, 0.25) is 0 Å². The van der Waals surface area contributed by atoms with Gasteiger partial charge in [-0.15, -0.1) is 0 Å². The number of nitrogens with two attached hydrogens (primary N) is 1. The zero-order valence-electron chi connectivity index (χ0n) is 4.78. The standard InChI is InChI=1S/C5H11N3/c1-2-3-4-8-5(6)7/h4H,1-3H2,(H4,6,7,8). The summed E-state index contributed by atoms with van der Waals surface area (Å²) in [6.07, 6.45) is 1.68. The van der Waals surface area contributed by atoms with E-state index in [-0.39, 0.29) is 5.96 Å². The van der Waals surface area contributed by atoms with Crippen molar-refractivity contribution in [2.45, 2.75) is 12.8 Å². The quantitative estimate of drug-likeness (QED) is 0.279. The summed E-state index contributed by atoms with van der Waals surface area (Å²) >= 11 is 0. The van der Waals surface area contributed by atoms with Gasteiger partial charge in [-0.05, 0) is 6.42 Å². The van der Waals surface area contributed by atoms with Crippen molar-refractivity contribution in [3.05, 3.63) is 13.5 Å². The minimum Gasteiger partial charge on any atom is -0.370 e. The molecule has 0 rings (SSSR count). The van der Waals surface area contributed by atoms with Gasteiger partial charge in [-0.3, -0.25) is 5.41 Å². The zero-order valence-corrected chi connectivity index (χ0v) is 4.78. The van der Waals surface area contributed by atoms with E-state index in [9.17, 15) is 0 Å². The van der Waals surface area contributed by atoms with Crippen molar-refractivity contribution in [2.24, 2.45) is 5.73 Å². The maximum absolute atomic E-state index is 6.69. The van der Waals surface area contributed by atoms with Gasteiger partial charge in [0.15, 0.2) is 5.96 Å². The predicted octanol–water partition coefficient (Wildman–Crippen LogP) is 0.246. The molecule has 0 spiro atoms. The maximum Gasteiger partial charge on any atom is 0.185 e. The van der Waals surface area contributed by atoms with Crippen LogP contribution in [-0.4, -0.2) is 5.96 Å². The first-order valence-electron chi connectivity index (χ1n) is 2.49. The van der Waals surface area contributed by atoms with E-state index in [2.05, 4.69) is 12.2 Å². The van der Waals surface area contributed by atoms with E-state index < -0.39 is 0 Å². The van der Waals surface area contributed by atoms with Crippen LogP contribution in [0.15, 0.2) is 0 Å². The van der Waals surface area contributed by atoms with Gasteiger partial charge < -0.3 is 11.1 Å². The molecular formula is C5H11N3. The number of nitrogens with one attached hydrogen (secondary N) is 2. The molecule has 0 aromatic rings. The predicted molar refractivity (Wildman–Crippen MR) is 33.9 cm³/mol. The summed E-state index contributed by atoms with van der Waals surface area (Å²) in [5.74, 6) is -0.0153. The fourth-order valence-corrected chi connectivity index (χ4v) is 0.284. The molecule has 0 aromatic heterocycles. The van der Waals surface area contributed by atoms with Crippen LogP contribution in [0.1, 0.15) is 12.8 Å². The molecule has 0 unspecified atom stereocenters. The summed E-state index contributed by atoms with van der Waals surface area (Å²) in [4.78, 5) is 0. The third kappa shape index (κ3) is 5.27. The van der Waals surface area contributed by atoms with E-state index >= 15 is 0 Å². The molecule has 0 saturated carbocycles. The summed E-state index contributed by atoms with van der Waals surface area (Å²) in [6.45, 7) is 5.32. The molecule has 0 aliphatic carbocycles. The van der Waals surface area contributed by atoms with E-state index in [0.717, 1.165) is 12.8 Å². The van der Waals surface area contributed by atoms with E-state index in [0.29, 0.717) is 0 Å². The van der Waals surface area contributed by atoms with E-state index in [4.69, 9.17) is 11.1 Å². The summed E-state index contributed by atoms with van der Waals surface area (Å²) in [5, 5.41) is 9.23. The van der Waals surface area contributed by atoms with Gasteiger partial charge in [-0.1, -0.05) is 13.3 Å². The Morgan fingerprint density at radius 3 is 2.88 bits per heavy atom. The number of rotatable bonds is 3. The van der Waals surface area contributed by atoms with Crippen LogP contribution in [0.25, 0.3) is 0 Å². The second kappa shape index (κ2) is 4.43. The highest BCUT2D eigenvalue weighted by atomic mass is 15.0. The molecule has 2 radical (unpaired) electrons. The molecule has 0 atom stereocenters. The lowest BCUT2D eigenvalue weighted by molar-refractivity contribution is 0.887. The fraction of sp³-hybridized carbons (Fsp3) is 0.400. The summed E-state index contributed by atoms with van der Waals surface area (Å²) in [5.41, 5.74) is 4.95. The minimum atomic E-state index is -0.0153. The molecule has 0 bridgehead atoms.